The molecular formula is C29H23F2N7O2. The number of anilines is 3. The zero-order valence-electron chi connectivity index (χ0n) is 21.4. The van der Waals surface area contributed by atoms with E-state index < -0.39 is 17.8 Å². The lowest BCUT2D eigenvalue weighted by molar-refractivity contribution is 0.0827. The zero-order chi connectivity index (χ0) is 28.4. The summed E-state index contributed by atoms with van der Waals surface area (Å²) in [7, 11) is 3.30. The lowest BCUT2D eigenvalue weighted by Gasteiger charge is -2.12. The van der Waals surface area contributed by atoms with Crippen LogP contribution < -0.4 is 16.4 Å². The summed E-state index contributed by atoms with van der Waals surface area (Å²) in [5.74, 6) is -1.30. The van der Waals surface area contributed by atoms with E-state index in [-0.39, 0.29) is 28.8 Å². The summed E-state index contributed by atoms with van der Waals surface area (Å²) in [5.41, 5.74) is 8.55. The molecule has 0 atom stereocenters. The summed E-state index contributed by atoms with van der Waals surface area (Å²) in [6.45, 7) is 0. The summed E-state index contributed by atoms with van der Waals surface area (Å²) in [4.78, 5) is 38.3. The fourth-order valence-electron chi connectivity index (χ4n) is 4.07. The van der Waals surface area contributed by atoms with E-state index in [9.17, 15) is 14.0 Å². The summed E-state index contributed by atoms with van der Waals surface area (Å²) in [6.07, 6.45) is 1.36. The van der Waals surface area contributed by atoms with Crippen molar-refractivity contribution in [3.63, 3.8) is 0 Å². The van der Waals surface area contributed by atoms with Gasteiger partial charge in [0.2, 0.25) is 5.95 Å². The van der Waals surface area contributed by atoms with Gasteiger partial charge >= 0.3 is 6.03 Å². The number of urea groups is 1. The molecule has 0 unspecified atom stereocenters. The summed E-state index contributed by atoms with van der Waals surface area (Å²) in [6, 6.07) is 18.1. The number of amides is 3. The average molecular weight is 540 g/mol. The molecule has 0 radical (unpaired) electrons. The fourth-order valence-corrected chi connectivity index (χ4v) is 4.07. The number of pyridine rings is 1. The molecule has 0 saturated heterocycles. The second kappa shape index (κ2) is 10.7. The first-order chi connectivity index (χ1) is 19.2. The Morgan fingerprint density at radius 2 is 1.57 bits per heavy atom. The number of hydrogen-bond acceptors (Lipinski definition) is 6. The molecule has 0 spiro atoms. The Kier molecular flexibility index (Phi) is 7.02. The molecule has 3 amide bonds. The highest BCUT2D eigenvalue weighted by molar-refractivity contribution is 6.00. The van der Waals surface area contributed by atoms with Crippen LogP contribution in [-0.4, -0.2) is 45.9 Å². The summed E-state index contributed by atoms with van der Waals surface area (Å²) >= 11 is 0. The molecule has 9 nitrogen and oxygen atoms in total. The molecule has 40 heavy (non-hydrogen) atoms. The van der Waals surface area contributed by atoms with E-state index in [1.165, 1.54) is 23.2 Å². The van der Waals surface area contributed by atoms with Gasteiger partial charge in [0.15, 0.2) is 5.82 Å². The van der Waals surface area contributed by atoms with E-state index >= 15 is 4.39 Å². The Labute approximate surface area is 227 Å². The highest BCUT2D eigenvalue weighted by atomic mass is 19.1. The molecule has 5 rings (SSSR count). The van der Waals surface area contributed by atoms with Crippen molar-refractivity contribution in [2.75, 3.05) is 30.5 Å². The van der Waals surface area contributed by atoms with Gasteiger partial charge in [0.25, 0.3) is 5.91 Å². The molecule has 0 fully saturated rings. The number of fused-ring (bicyclic) bond motifs is 1. The molecule has 5 aromatic rings. The zero-order valence-corrected chi connectivity index (χ0v) is 21.4. The van der Waals surface area contributed by atoms with Gasteiger partial charge in [-0.3, -0.25) is 4.79 Å². The van der Waals surface area contributed by atoms with Crippen LogP contribution in [-0.2, 0) is 0 Å². The van der Waals surface area contributed by atoms with Gasteiger partial charge in [-0.25, -0.2) is 24.1 Å². The van der Waals surface area contributed by atoms with Gasteiger partial charge in [0, 0.05) is 48.2 Å². The second-order valence-corrected chi connectivity index (χ2v) is 9.06. The number of benzene rings is 3. The van der Waals surface area contributed by atoms with Gasteiger partial charge in [0.05, 0.1) is 11.1 Å². The minimum atomic E-state index is -0.683. The van der Waals surface area contributed by atoms with Gasteiger partial charge in [-0.1, -0.05) is 6.07 Å². The van der Waals surface area contributed by atoms with Crippen molar-refractivity contribution in [3.05, 3.63) is 96.3 Å². The first-order valence-corrected chi connectivity index (χ1v) is 12.1. The number of rotatable bonds is 5. The first kappa shape index (κ1) is 26.2. The Bertz CT molecular complexity index is 1760. The molecular weight excluding hydrogens is 516 g/mol. The largest absolute Gasteiger partial charge is 0.383 e. The van der Waals surface area contributed by atoms with Crippen molar-refractivity contribution in [1.82, 2.24) is 19.9 Å². The van der Waals surface area contributed by atoms with Crippen LogP contribution in [0.3, 0.4) is 0 Å². The first-order valence-electron chi connectivity index (χ1n) is 12.1. The summed E-state index contributed by atoms with van der Waals surface area (Å²) < 4.78 is 29.3. The SMILES string of the molecule is CN(C)C(=O)c1ccc(NC(=O)Nc2ccc(-c3nc(N)c4ccc(-c5cccnc5F)cc4n3)c(F)c2)cc1. The molecule has 2 heterocycles. The van der Waals surface area contributed by atoms with E-state index in [4.69, 9.17) is 5.73 Å². The lowest BCUT2D eigenvalue weighted by atomic mass is 10.0. The van der Waals surface area contributed by atoms with Crippen molar-refractivity contribution in [2.24, 2.45) is 0 Å². The molecule has 0 bridgehead atoms. The van der Waals surface area contributed by atoms with Gasteiger partial charge in [-0.2, -0.15) is 4.39 Å². The van der Waals surface area contributed by atoms with E-state index in [2.05, 4.69) is 25.6 Å². The normalized spacial score (nSPS) is 10.8. The number of halogens is 2. The smallest absolute Gasteiger partial charge is 0.323 e. The Balaban J connectivity index is 1.35. The van der Waals surface area contributed by atoms with Crippen LogP contribution in [0.15, 0.2) is 79.0 Å². The predicted molar refractivity (Wildman–Crippen MR) is 150 cm³/mol. The third-order valence-electron chi connectivity index (χ3n) is 6.06. The van der Waals surface area contributed by atoms with Gasteiger partial charge in [-0.15, -0.1) is 0 Å². The van der Waals surface area contributed by atoms with Gasteiger partial charge < -0.3 is 21.3 Å². The maximum Gasteiger partial charge on any atom is 0.323 e. The van der Waals surface area contributed by atoms with Crippen LogP contribution in [0.2, 0.25) is 0 Å². The third-order valence-corrected chi connectivity index (χ3v) is 6.06. The van der Waals surface area contributed by atoms with Crippen LogP contribution in [0.5, 0.6) is 0 Å². The van der Waals surface area contributed by atoms with Crippen molar-refractivity contribution in [1.29, 1.82) is 0 Å². The molecule has 0 aliphatic carbocycles. The third kappa shape index (κ3) is 5.39. The number of nitrogens with one attached hydrogen (secondary N) is 2. The number of hydrogen-bond donors (Lipinski definition) is 3. The molecule has 200 valence electrons. The van der Waals surface area contributed by atoms with Crippen molar-refractivity contribution in [3.8, 4) is 22.5 Å². The number of nitrogen functional groups attached to an aromatic ring is 1. The minimum absolute atomic E-state index is 0.0367. The quantitative estimate of drug-likeness (QED) is 0.251. The molecule has 0 saturated carbocycles. The van der Waals surface area contributed by atoms with Crippen molar-refractivity contribution in [2.45, 2.75) is 0 Å². The molecule has 2 aromatic heterocycles. The van der Waals surface area contributed by atoms with Crippen LogP contribution in [0, 0.1) is 11.8 Å². The van der Waals surface area contributed by atoms with E-state index in [1.54, 1.807) is 68.7 Å². The average Bonchev–Trinajstić information content (AvgIpc) is 2.93. The highest BCUT2D eigenvalue weighted by Crippen LogP contribution is 2.30. The monoisotopic (exact) mass is 539 g/mol. The Hall–Kier alpha value is -5.45. The van der Waals surface area contributed by atoms with Crippen LogP contribution in [0.4, 0.5) is 30.8 Å². The van der Waals surface area contributed by atoms with Gasteiger partial charge in [-0.05, 0) is 72.3 Å². The fraction of sp³-hybridized carbons (Fsp3) is 0.0690. The number of carbonyl (C=O) groups excluding carboxylic acids is 2. The standard InChI is InChI=1S/C29H23F2N7O2/c1-38(2)28(39)16-5-8-18(9-6-16)34-29(40)35-19-10-12-21(23(30)15-19)27-36-24-14-17(7-11-22(24)26(32)37-27)20-4-3-13-33-25(20)31/h3-15H,1-2H3,(H2,32,36,37)(H2,34,35,40). The number of aromatic nitrogens is 3. The molecule has 3 aromatic carbocycles. The molecule has 0 aliphatic heterocycles. The highest BCUT2D eigenvalue weighted by Gasteiger charge is 2.15. The Morgan fingerprint density at radius 1 is 0.850 bits per heavy atom. The van der Waals surface area contributed by atoms with Crippen LogP contribution in [0.1, 0.15) is 10.4 Å². The summed E-state index contributed by atoms with van der Waals surface area (Å²) in [5, 5.41) is 5.73. The topological polar surface area (TPSA) is 126 Å². The maximum atomic E-state index is 15.1. The maximum absolute atomic E-state index is 15.1. The second-order valence-electron chi connectivity index (χ2n) is 9.06. The Morgan fingerprint density at radius 3 is 2.27 bits per heavy atom. The van der Waals surface area contributed by atoms with Crippen LogP contribution >= 0.6 is 0 Å². The lowest BCUT2D eigenvalue weighted by Crippen LogP contribution is -2.22. The van der Waals surface area contributed by atoms with Crippen molar-refractivity contribution >= 4 is 40.0 Å². The number of nitrogens with two attached hydrogens (primary N) is 1. The molecule has 11 heteroatoms. The van der Waals surface area contributed by atoms with Crippen LogP contribution in [0.25, 0.3) is 33.4 Å². The van der Waals surface area contributed by atoms with E-state index in [0.29, 0.717) is 33.3 Å². The number of carbonyl (C=O) groups is 2. The predicted octanol–water partition coefficient (Wildman–Crippen LogP) is 5.57. The number of nitrogens with zero attached hydrogens (tertiary/aromatic N) is 4. The minimum Gasteiger partial charge on any atom is -0.383 e. The molecule has 0 aliphatic rings. The van der Waals surface area contributed by atoms with Gasteiger partial charge in [0.1, 0.15) is 11.6 Å². The van der Waals surface area contributed by atoms with E-state index in [0.717, 1.165) is 6.07 Å². The van der Waals surface area contributed by atoms with Crippen molar-refractivity contribution < 1.29 is 18.4 Å². The van der Waals surface area contributed by atoms with E-state index in [1.807, 2.05) is 0 Å². The molecule has 4 N–H and O–H groups in total.